The Bertz CT molecular complexity index is 1280. The van der Waals surface area contributed by atoms with Gasteiger partial charge in [-0.05, 0) is 42.8 Å². The van der Waals surface area contributed by atoms with Crippen molar-refractivity contribution >= 4 is 54.2 Å². The number of thiazole rings is 1. The molecule has 0 atom stereocenters. The second-order valence-electron chi connectivity index (χ2n) is 8.74. The minimum absolute atomic E-state index is 0.200. The van der Waals surface area contributed by atoms with Crippen molar-refractivity contribution in [2.45, 2.75) is 25.7 Å². The van der Waals surface area contributed by atoms with Gasteiger partial charge in [0.05, 0.1) is 20.1 Å². The normalized spacial score (nSPS) is 15.1. The summed E-state index contributed by atoms with van der Waals surface area (Å²) in [6.45, 7) is 11.3. The molecule has 2 aromatic carbocycles. The lowest BCUT2D eigenvalue weighted by Gasteiger charge is -2.34. The van der Waals surface area contributed by atoms with Crippen molar-refractivity contribution in [3.63, 3.8) is 0 Å². The Morgan fingerprint density at radius 2 is 1.75 bits per heavy atom. The molecule has 4 rings (SSSR count). The van der Waals surface area contributed by atoms with E-state index in [1.807, 2.05) is 12.1 Å². The molecule has 0 spiro atoms. The number of anilines is 1. The molecule has 3 aromatic rings. The summed E-state index contributed by atoms with van der Waals surface area (Å²) >= 11 is 8.00. The van der Waals surface area contributed by atoms with E-state index in [1.54, 1.807) is 37.3 Å². The fourth-order valence-corrected chi connectivity index (χ4v) is 7.14. The molecule has 8 nitrogen and oxygen atoms in total. The Labute approximate surface area is 221 Å². The van der Waals surface area contributed by atoms with Crippen LogP contribution in [0, 0.1) is 6.92 Å². The fraction of sp³-hybridized carbons (Fsp3) is 0.440. The van der Waals surface area contributed by atoms with Crippen molar-refractivity contribution in [2.24, 2.45) is 0 Å². The molecular weight excluding hydrogens is 518 g/mol. The van der Waals surface area contributed by atoms with Crippen LogP contribution in [0.2, 0.25) is 5.02 Å². The van der Waals surface area contributed by atoms with Gasteiger partial charge in [0.1, 0.15) is 0 Å². The van der Waals surface area contributed by atoms with Crippen molar-refractivity contribution in [3.05, 3.63) is 52.5 Å². The lowest BCUT2D eigenvalue weighted by molar-refractivity contribution is 0.0947. The van der Waals surface area contributed by atoms with Crippen LogP contribution in [0.15, 0.2) is 41.3 Å². The van der Waals surface area contributed by atoms with Gasteiger partial charge in [-0.25, -0.2) is 13.4 Å². The summed E-state index contributed by atoms with van der Waals surface area (Å²) in [5, 5.41) is 4.69. The molecule has 1 saturated heterocycles. The maximum atomic E-state index is 12.6. The number of nitrogens with one attached hydrogen (secondary N) is 1. The van der Waals surface area contributed by atoms with Crippen LogP contribution in [-0.4, -0.2) is 80.9 Å². The molecule has 0 unspecified atom stereocenters. The third kappa shape index (κ3) is 5.68. The molecule has 2 heterocycles. The molecule has 0 saturated carbocycles. The second kappa shape index (κ2) is 11.4. The average molecular weight is 550 g/mol. The number of carbonyl (C=O) groups is 1. The van der Waals surface area contributed by atoms with E-state index in [0.29, 0.717) is 25.2 Å². The van der Waals surface area contributed by atoms with Crippen LogP contribution in [0.4, 0.5) is 5.13 Å². The maximum Gasteiger partial charge on any atom is 0.251 e. The monoisotopic (exact) mass is 549 g/mol. The zero-order valence-electron chi connectivity index (χ0n) is 20.8. The molecule has 1 aromatic heterocycles. The second-order valence-corrected chi connectivity index (χ2v) is 12.1. The highest BCUT2D eigenvalue weighted by atomic mass is 35.5. The predicted octanol–water partition coefficient (Wildman–Crippen LogP) is 3.84. The Morgan fingerprint density at radius 1 is 1.08 bits per heavy atom. The minimum Gasteiger partial charge on any atom is -0.351 e. The van der Waals surface area contributed by atoms with E-state index in [-0.39, 0.29) is 10.8 Å². The van der Waals surface area contributed by atoms with Crippen LogP contribution in [0.25, 0.3) is 10.2 Å². The number of hydrogen-bond donors (Lipinski definition) is 1. The first-order valence-electron chi connectivity index (χ1n) is 12.2. The summed E-state index contributed by atoms with van der Waals surface area (Å²) in [6.07, 6.45) is 0. The first-order chi connectivity index (χ1) is 17.2. The van der Waals surface area contributed by atoms with Crippen LogP contribution in [0.3, 0.4) is 0 Å². The number of aromatic nitrogens is 1. The summed E-state index contributed by atoms with van der Waals surface area (Å²) in [7, 11) is -3.53. The van der Waals surface area contributed by atoms with Gasteiger partial charge in [-0.3, -0.25) is 9.69 Å². The number of rotatable bonds is 9. The highest BCUT2D eigenvalue weighted by Gasteiger charge is 2.23. The number of halogens is 1. The van der Waals surface area contributed by atoms with Gasteiger partial charge in [0, 0.05) is 57.9 Å². The number of carbonyl (C=O) groups excluding carboxylic acids is 1. The summed E-state index contributed by atoms with van der Waals surface area (Å²) < 4.78 is 27.7. The van der Waals surface area contributed by atoms with E-state index >= 15 is 0 Å². The third-order valence-corrected chi connectivity index (χ3v) is 10.1. The first-order valence-corrected chi connectivity index (χ1v) is 14.8. The molecule has 1 aliphatic heterocycles. The molecule has 0 radical (unpaired) electrons. The number of fused-ring (bicyclic) bond motifs is 1. The van der Waals surface area contributed by atoms with Crippen molar-refractivity contribution in [3.8, 4) is 0 Å². The van der Waals surface area contributed by atoms with Gasteiger partial charge in [-0.15, -0.1) is 0 Å². The largest absolute Gasteiger partial charge is 0.351 e. The maximum absolute atomic E-state index is 12.6. The van der Waals surface area contributed by atoms with Crippen molar-refractivity contribution < 1.29 is 13.2 Å². The number of nitrogens with zero attached hydrogens (tertiary/aromatic N) is 4. The van der Waals surface area contributed by atoms with Crippen LogP contribution in [0.5, 0.6) is 0 Å². The SMILES string of the molecule is CCN(CC)S(=O)(=O)c1ccc(C(=O)NCCN2CCN(c3nc4c(C)ccc(Cl)c4s3)CC2)cc1. The quantitative estimate of drug-likeness (QED) is 0.436. The summed E-state index contributed by atoms with van der Waals surface area (Å²) in [4.78, 5) is 22.2. The molecule has 36 heavy (non-hydrogen) atoms. The number of sulfonamides is 1. The number of amides is 1. The molecular formula is C25H32ClN5O3S2. The van der Waals surface area contributed by atoms with Crippen LogP contribution < -0.4 is 10.2 Å². The summed E-state index contributed by atoms with van der Waals surface area (Å²) in [5.41, 5.74) is 2.56. The average Bonchev–Trinajstić information content (AvgIpc) is 3.34. The van der Waals surface area contributed by atoms with Crippen molar-refractivity contribution in [1.82, 2.24) is 19.5 Å². The Balaban J connectivity index is 1.26. The molecule has 1 aliphatic rings. The van der Waals surface area contributed by atoms with Crippen LogP contribution >= 0.6 is 22.9 Å². The van der Waals surface area contributed by atoms with Crippen LogP contribution in [-0.2, 0) is 10.0 Å². The number of piperazine rings is 1. The van der Waals surface area contributed by atoms with E-state index in [0.717, 1.165) is 58.7 Å². The molecule has 194 valence electrons. The Hall–Kier alpha value is -2.24. The minimum atomic E-state index is -3.53. The molecule has 11 heteroatoms. The van der Waals surface area contributed by atoms with E-state index in [2.05, 4.69) is 22.0 Å². The summed E-state index contributed by atoms with van der Waals surface area (Å²) in [5.74, 6) is -0.206. The molecule has 0 aliphatic carbocycles. The van der Waals surface area contributed by atoms with Crippen molar-refractivity contribution in [1.29, 1.82) is 0 Å². The number of hydrogen-bond acceptors (Lipinski definition) is 7. The standard InChI is InChI=1S/C25H32ClN5O3S2/c1-4-31(5-2)36(33,34)20-9-7-19(8-10-20)24(32)27-12-13-29-14-16-30(17-15-29)25-28-22-18(3)6-11-21(26)23(22)35-25/h6-11H,4-5,12-17H2,1-3H3,(H,27,32). The van der Waals surface area contributed by atoms with Gasteiger partial charge in [0.15, 0.2) is 5.13 Å². The van der Waals surface area contributed by atoms with Gasteiger partial charge in [-0.1, -0.05) is 42.9 Å². The Morgan fingerprint density at radius 3 is 2.36 bits per heavy atom. The van der Waals surface area contributed by atoms with E-state index in [4.69, 9.17) is 16.6 Å². The lowest BCUT2D eigenvalue weighted by atomic mass is 10.2. The predicted molar refractivity (Wildman–Crippen MR) is 147 cm³/mol. The molecule has 0 bridgehead atoms. The zero-order valence-corrected chi connectivity index (χ0v) is 23.2. The topological polar surface area (TPSA) is 85.8 Å². The highest BCUT2D eigenvalue weighted by Crippen LogP contribution is 2.35. The van der Waals surface area contributed by atoms with Gasteiger partial charge in [-0.2, -0.15) is 4.31 Å². The van der Waals surface area contributed by atoms with E-state index < -0.39 is 10.0 Å². The number of benzene rings is 2. The number of aryl methyl sites for hydroxylation is 1. The molecule has 1 amide bonds. The van der Waals surface area contributed by atoms with Gasteiger partial charge >= 0.3 is 0 Å². The van der Waals surface area contributed by atoms with Gasteiger partial charge in [0.2, 0.25) is 10.0 Å². The highest BCUT2D eigenvalue weighted by molar-refractivity contribution is 7.89. The van der Waals surface area contributed by atoms with Gasteiger partial charge < -0.3 is 10.2 Å². The van der Waals surface area contributed by atoms with Crippen LogP contribution in [0.1, 0.15) is 29.8 Å². The van der Waals surface area contributed by atoms with Gasteiger partial charge in [0.25, 0.3) is 5.91 Å². The zero-order chi connectivity index (χ0) is 25.9. The van der Waals surface area contributed by atoms with E-state index in [1.165, 1.54) is 16.4 Å². The third-order valence-electron chi connectivity index (χ3n) is 6.50. The summed E-state index contributed by atoms with van der Waals surface area (Å²) in [6, 6.07) is 10.1. The lowest BCUT2D eigenvalue weighted by Crippen LogP contribution is -2.48. The fourth-order valence-electron chi connectivity index (χ4n) is 4.31. The van der Waals surface area contributed by atoms with Crippen molar-refractivity contribution in [2.75, 3.05) is 57.3 Å². The smallest absolute Gasteiger partial charge is 0.251 e. The van der Waals surface area contributed by atoms with E-state index in [9.17, 15) is 13.2 Å². The Kier molecular flexibility index (Phi) is 8.52. The molecule has 1 N–H and O–H groups in total. The molecule has 1 fully saturated rings. The first kappa shape index (κ1) is 26.8.